The molecule has 0 aliphatic rings. The van der Waals surface area contributed by atoms with Crippen molar-refractivity contribution in [1.29, 1.82) is 0 Å². The van der Waals surface area contributed by atoms with Gasteiger partial charge in [0, 0.05) is 6.61 Å². The Morgan fingerprint density at radius 3 is 2.54 bits per heavy atom. The molecule has 2 N–H and O–H groups in total. The van der Waals surface area contributed by atoms with Crippen LogP contribution in [-0.2, 0) is 9.53 Å². The van der Waals surface area contributed by atoms with E-state index in [1.807, 2.05) is 0 Å². The second-order valence-electron chi connectivity index (χ2n) is 3.34. The summed E-state index contributed by atoms with van der Waals surface area (Å²) in [6.45, 7) is 3.67. The molecule has 1 atom stereocenters. The molecule has 0 amide bonds. The lowest BCUT2D eigenvalue weighted by atomic mass is 10.1. The second-order valence-corrected chi connectivity index (χ2v) is 3.34. The standard InChI is InChI=1S/C9H18O4/c1-3-4-5-6-13-7-9(2,12)8(10)11/h12H,3-7H2,1-2H3,(H,10,11). The summed E-state index contributed by atoms with van der Waals surface area (Å²) < 4.78 is 5.03. The van der Waals surface area contributed by atoms with Crippen molar-refractivity contribution in [3.63, 3.8) is 0 Å². The van der Waals surface area contributed by atoms with Gasteiger partial charge in [-0.25, -0.2) is 4.79 Å². The van der Waals surface area contributed by atoms with E-state index in [0.717, 1.165) is 19.3 Å². The van der Waals surface area contributed by atoms with Crippen LogP contribution in [0.5, 0.6) is 0 Å². The van der Waals surface area contributed by atoms with E-state index in [4.69, 9.17) is 9.84 Å². The maximum absolute atomic E-state index is 10.4. The first-order chi connectivity index (χ1) is 6.00. The van der Waals surface area contributed by atoms with Crippen molar-refractivity contribution >= 4 is 5.97 Å². The average Bonchev–Trinajstić information content (AvgIpc) is 2.03. The van der Waals surface area contributed by atoms with E-state index in [-0.39, 0.29) is 6.61 Å². The number of aliphatic carboxylic acids is 1. The lowest BCUT2D eigenvalue weighted by Crippen LogP contribution is -2.39. The molecule has 4 nitrogen and oxygen atoms in total. The molecule has 78 valence electrons. The van der Waals surface area contributed by atoms with Gasteiger partial charge in [-0.3, -0.25) is 0 Å². The van der Waals surface area contributed by atoms with Crippen molar-refractivity contribution in [1.82, 2.24) is 0 Å². The van der Waals surface area contributed by atoms with Crippen molar-refractivity contribution in [2.75, 3.05) is 13.2 Å². The number of aliphatic hydroxyl groups is 1. The minimum atomic E-state index is -1.76. The fraction of sp³-hybridized carbons (Fsp3) is 0.889. The van der Waals surface area contributed by atoms with Crippen LogP contribution < -0.4 is 0 Å². The highest BCUT2D eigenvalue weighted by Crippen LogP contribution is 2.04. The van der Waals surface area contributed by atoms with Crippen LogP contribution in [0.15, 0.2) is 0 Å². The SMILES string of the molecule is CCCCCOCC(C)(O)C(=O)O. The molecule has 0 aromatic heterocycles. The zero-order chi connectivity index (χ0) is 10.3. The van der Waals surface area contributed by atoms with E-state index in [1.54, 1.807) is 0 Å². The van der Waals surface area contributed by atoms with Gasteiger partial charge in [-0.2, -0.15) is 0 Å². The van der Waals surface area contributed by atoms with Gasteiger partial charge in [0.25, 0.3) is 0 Å². The summed E-state index contributed by atoms with van der Waals surface area (Å²) >= 11 is 0. The summed E-state index contributed by atoms with van der Waals surface area (Å²) in [5.74, 6) is -1.25. The van der Waals surface area contributed by atoms with E-state index in [1.165, 1.54) is 6.92 Å². The maximum Gasteiger partial charge on any atom is 0.337 e. The highest BCUT2D eigenvalue weighted by atomic mass is 16.5. The average molecular weight is 190 g/mol. The van der Waals surface area contributed by atoms with Gasteiger partial charge in [-0.05, 0) is 13.3 Å². The van der Waals surface area contributed by atoms with Crippen LogP contribution in [0.1, 0.15) is 33.1 Å². The molecule has 1 unspecified atom stereocenters. The molecule has 0 aliphatic heterocycles. The fourth-order valence-electron chi connectivity index (χ4n) is 0.787. The van der Waals surface area contributed by atoms with Gasteiger partial charge in [-0.1, -0.05) is 19.8 Å². The lowest BCUT2D eigenvalue weighted by Gasteiger charge is -2.17. The molecule has 0 bridgehead atoms. The normalized spacial score (nSPS) is 15.3. The highest BCUT2D eigenvalue weighted by Gasteiger charge is 2.29. The van der Waals surface area contributed by atoms with Crippen LogP contribution in [0, 0.1) is 0 Å². The fourth-order valence-corrected chi connectivity index (χ4v) is 0.787. The molecule has 0 heterocycles. The first-order valence-corrected chi connectivity index (χ1v) is 4.54. The Hall–Kier alpha value is -0.610. The Bertz CT molecular complexity index is 154. The van der Waals surface area contributed by atoms with E-state index in [0.29, 0.717) is 6.61 Å². The molecule has 0 radical (unpaired) electrons. The van der Waals surface area contributed by atoms with Crippen molar-refractivity contribution in [3.05, 3.63) is 0 Å². The largest absolute Gasteiger partial charge is 0.479 e. The molecule has 0 rings (SSSR count). The Morgan fingerprint density at radius 2 is 2.08 bits per heavy atom. The monoisotopic (exact) mass is 190 g/mol. The van der Waals surface area contributed by atoms with Crippen LogP contribution in [-0.4, -0.2) is 35.0 Å². The Balaban J connectivity index is 3.46. The topological polar surface area (TPSA) is 66.8 Å². The molecule has 4 heteroatoms. The van der Waals surface area contributed by atoms with Crippen LogP contribution in [0.2, 0.25) is 0 Å². The molecule has 0 aromatic rings. The lowest BCUT2D eigenvalue weighted by molar-refractivity contribution is -0.162. The number of carboxylic acids is 1. The van der Waals surface area contributed by atoms with Gasteiger partial charge < -0.3 is 14.9 Å². The zero-order valence-electron chi connectivity index (χ0n) is 8.25. The number of carbonyl (C=O) groups is 1. The van der Waals surface area contributed by atoms with Gasteiger partial charge in [0.15, 0.2) is 5.60 Å². The summed E-state index contributed by atoms with van der Waals surface area (Å²) in [4.78, 5) is 10.4. The third-order valence-corrected chi connectivity index (χ3v) is 1.74. The van der Waals surface area contributed by atoms with Crippen LogP contribution >= 0.6 is 0 Å². The molecule has 0 spiro atoms. The number of ether oxygens (including phenoxy) is 1. The summed E-state index contributed by atoms with van der Waals surface area (Å²) in [5.41, 5.74) is -1.76. The van der Waals surface area contributed by atoms with Crippen LogP contribution in [0.4, 0.5) is 0 Å². The third kappa shape index (κ3) is 5.60. The second kappa shape index (κ2) is 5.94. The highest BCUT2D eigenvalue weighted by molar-refractivity contribution is 5.76. The van der Waals surface area contributed by atoms with Gasteiger partial charge in [0.1, 0.15) is 0 Å². The molecule has 0 fully saturated rings. The van der Waals surface area contributed by atoms with E-state index in [9.17, 15) is 9.90 Å². The van der Waals surface area contributed by atoms with E-state index >= 15 is 0 Å². The first-order valence-electron chi connectivity index (χ1n) is 4.54. The van der Waals surface area contributed by atoms with Crippen molar-refractivity contribution in [3.8, 4) is 0 Å². The molecule has 13 heavy (non-hydrogen) atoms. The predicted octanol–water partition coefficient (Wildman–Crippen LogP) is 1.03. The minimum absolute atomic E-state index is 0.147. The zero-order valence-corrected chi connectivity index (χ0v) is 8.25. The van der Waals surface area contributed by atoms with Crippen LogP contribution in [0.25, 0.3) is 0 Å². The summed E-state index contributed by atoms with van der Waals surface area (Å²) in [6.07, 6.45) is 3.07. The van der Waals surface area contributed by atoms with Gasteiger partial charge >= 0.3 is 5.97 Å². The number of carboxylic acid groups (broad SMARTS) is 1. The molecule has 0 saturated heterocycles. The minimum Gasteiger partial charge on any atom is -0.479 e. The maximum atomic E-state index is 10.4. The summed E-state index contributed by atoms with van der Waals surface area (Å²) in [7, 11) is 0. The smallest absolute Gasteiger partial charge is 0.337 e. The quantitative estimate of drug-likeness (QED) is 0.588. The number of hydrogen-bond donors (Lipinski definition) is 2. The Morgan fingerprint density at radius 1 is 1.46 bits per heavy atom. The van der Waals surface area contributed by atoms with Crippen LogP contribution in [0.3, 0.4) is 0 Å². The number of rotatable bonds is 7. The predicted molar refractivity (Wildman–Crippen MR) is 48.6 cm³/mol. The summed E-state index contributed by atoms with van der Waals surface area (Å²) in [5, 5.41) is 17.7. The van der Waals surface area contributed by atoms with E-state index in [2.05, 4.69) is 6.92 Å². The van der Waals surface area contributed by atoms with Crippen molar-refractivity contribution in [2.24, 2.45) is 0 Å². The molecule has 0 saturated carbocycles. The Labute approximate surface area is 78.5 Å². The number of unbranched alkanes of at least 4 members (excludes halogenated alkanes) is 2. The van der Waals surface area contributed by atoms with Gasteiger partial charge in [-0.15, -0.1) is 0 Å². The van der Waals surface area contributed by atoms with Crippen molar-refractivity contribution < 1.29 is 19.7 Å². The molecular weight excluding hydrogens is 172 g/mol. The van der Waals surface area contributed by atoms with Gasteiger partial charge in [0.2, 0.25) is 0 Å². The molecular formula is C9H18O4. The van der Waals surface area contributed by atoms with Gasteiger partial charge in [0.05, 0.1) is 6.61 Å². The number of hydrogen-bond acceptors (Lipinski definition) is 3. The summed E-state index contributed by atoms with van der Waals surface area (Å²) in [6, 6.07) is 0. The Kier molecular flexibility index (Phi) is 5.66. The molecule has 0 aromatic carbocycles. The first kappa shape index (κ1) is 12.4. The third-order valence-electron chi connectivity index (χ3n) is 1.74. The molecule has 0 aliphatic carbocycles. The van der Waals surface area contributed by atoms with E-state index < -0.39 is 11.6 Å². The van der Waals surface area contributed by atoms with Crippen molar-refractivity contribution in [2.45, 2.75) is 38.7 Å².